The van der Waals surface area contributed by atoms with Crippen molar-refractivity contribution in [3.05, 3.63) is 101 Å². The van der Waals surface area contributed by atoms with Gasteiger partial charge in [-0.15, -0.1) is 0 Å². The Morgan fingerprint density at radius 3 is 2.11 bits per heavy atom. The summed E-state index contributed by atoms with van der Waals surface area (Å²) in [5.41, 5.74) is 8.41. The normalized spacial score (nSPS) is 18.7. The van der Waals surface area contributed by atoms with E-state index in [1.54, 1.807) is 4.90 Å². The third kappa shape index (κ3) is 4.83. The molecule has 3 aromatic carbocycles. The average Bonchev–Trinajstić information content (AvgIpc) is 3.11. The molecule has 0 aromatic heterocycles. The fourth-order valence-corrected chi connectivity index (χ4v) is 5.62. The summed E-state index contributed by atoms with van der Waals surface area (Å²) in [5.74, 6) is -0.0973. The summed E-state index contributed by atoms with van der Waals surface area (Å²) in [5, 5.41) is 0. The van der Waals surface area contributed by atoms with Crippen LogP contribution in [0.5, 0.6) is 0 Å². The number of halogens is 1. The Morgan fingerprint density at radius 1 is 0.861 bits per heavy atom. The van der Waals surface area contributed by atoms with Crippen molar-refractivity contribution >= 4 is 33.6 Å². The van der Waals surface area contributed by atoms with E-state index in [-0.39, 0.29) is 24.5 Å². The zero-order chi connectivity index (χ0) is 25.1. The monoisotopic (exact) mass is 546 g/mol. The maximum Gasteiger partial charge on any atom is 0.332 e. The molecule has 0 bridgehead atoms. The number of nitrogens with zero attached hydrogens (tertiary/aromatic N) is 3. The predicted octanol–water partition coefficient (Wildman–Crippen LogP) is 5.34. The van der Waals surface area contributed by atoms with Crippen molar-refractivity contribution in [1.82, 2.24) is 9.80 Å². The van der Waals surface area contributed by atoms with Crippen LogP contribution in [-0.4, -0.2) is 46.9 Å². The fourth-order valence-electron chi connectivity index (χ4n) is 5.36. The quantitative estimate of drug-likeness (QED) is 0.406. The zero-order valence-electron chi connectivity index (χ0n) is 20.2. The van der Waals surface area contributed by atoms with E-state index in [2.05, 4.69) is 33.0 Å². The van der Waals surface area contributed by atoms with Gasteiger partial charge in [0.05, 0.1) is 6.54 Å². The standard InChI is InChI=1S/C29H31BrN4O2/c30-24-13-11-22(12-14-24)21-33-27(35)29(34(28(33)36)25-9-5-2-6-10-25)16-19-32(20-17-29)18-15-26(31)23-7-3-1-4-8-23/h1-14,26H,15-21,31H2/t26-/m0/s1. The first kappa shape index (κ1) is 24.7. The number of imide groups is 1. The van der Waals surface area contributed by atoms with Gasteiger partial charge < -0.3 is 10.6 Å². The predicted molar refractivity (Wildman–Crippen MR) is 145 cm³/mol. The van der Waals surface area contributed by atoms with Crippen molar-refractivity contribution in [3.63, 3.8) is 0 Å². The van der Waals surface area contributed by atoms with Gasteiger partial charge in [-0.25, -0.2) is 4.79 Å². The smallest absolute Gasteiger partial charge is 0.324 e. The average molecular weight is 547 g/mol. The maximum atomic E-state index is 13.9. The van der Waals surface area contributed by atoms with Gasteiger partial charge in [0.1, 0.15) is 5.54 Å². The van der Waals surface area contributed by atoms with E-state index in [1.165, 1.54) is 4.90 Å². The highest BCUT2D eigenvalue weighted by Gasteiger charge is 2.58. The molecule has 3 aromatic rings. The summed E-state index contributed by atoms with van der Waals surface area (Å²) in [4.78, 5) is 33.2. The molecule has 2 saturated heterocycles. The second-order valence-electron chi connectivity index (χ2n) is 9.65. The van der Waals surface area contributed by atoms with Crippen molar-refractivity contribution in [2.45, 2.75) is 37.4 Å². The van der Waals surface area contributed by atoms with Crippen LogP contribution in [0.1, 0.15) is 36.4 Å². The van der Waals surface area contributed by atoms with Gasteiger partial charge in [-0.1, -0.05) is 76.6 Å². The van der Waals surface area contributed by atoms with Crippen LogP contribution in [0.25, 0.3) is 0 Å². The Hall–Kier alpha value is -3.00. The van der Waals surface area contributed by atoms with Crippen molar-refractivity contribution in [2.24, 2.45) is 5.73 Å². The number of urea groups is 1. The van der Waals surface area contributed by atoms with Gasteiger partial charge >= 0.3 is 6.03 Å². The second-order valence-corrected chi connectivity index (χ2v) is 10.6. The van der Waals surface area contributed by atoms with Crippen LogP contribution in [0.3, 0.4) is 0 Å². The Balaban J connectivity index is 1.33. The SMILES string of the molecule is N[C@@H](CCN1CCC2(CC1)C(=O)N(Cc1ccc(Br)cc1)C(=O)N2c1ccccc1)c1ccccc1. The summed E-state index contributed by atoms with van der Waals surface area (Å²) in [6.45, 7) is 2.62. The second kappa shape index (κ2) is 10.5. The van der Waals surface area contributed by atoms with Crippen molar-refractivity contribution in [1.29, 1.82) is 0 Å². The topological polar surface area (TPSA) is 69.9 Å². The van der Waals surface area contributed by atoms with Crippen LogP contribution in [0.2, 0.25) is 0 Å². The van der Waals surface area contributed by atoms with Crippen LogP contribution in [0.15, 0.2) is 89.4 Å². The number of piperidine rings is 1. The number of likely N-dealkylation sites (tertiary alicyclic amines) is 1. The lowest BCUT2D eigenvalue weighted by Gasteiger charge is -2.42. The minimum absolute atomic E-state index is 0.0148. The van der Waals surface area contributed by atoms with Crippen molar-refractivity contribution < 1.29 is 9.59 Å². The highest BCUT2D eigenvalue weighted by atomic mass is 79.9. The first-order valence-electron chi connectivity index (χ1n) is 12.5. The fraction of sp³-hybridized carbons (Fsp3) is 0.310. The number of para-hydroxylation sites is 1. The van der Waals surface area contributed by atoms with Gasteiger partial charge in [0.15, 0.2) is 0 Å². The molecule has 5 rings (SSSR count). The molecule has 7 heteroatoms. The molecule has 0 saturated carbocycles. The number of benzene rings is 3. The first-order valence-corrected chi connectivity index (χ1v) is 13.3. The number of carbonyl (C=O) groups excluding carboxylic acids is 2. The molecule has 3 amide bonds. The number of anilines is 1. The summed E-state index contributed by atoms with van der Waals surface area (Å²) >= 11 is 3.45. The number of hydrogen-bond acceptors (Lipinski definition) is 4. The summed E-state index contributed by atoms with van der Waals surface area (Å²) in [6.07, 6.45) is 2.05. The lowest BCUT2D eigenvalue weighted by molar-refractivity contribution is -0.132. The molecule has 36 heavy (non-hydrogen) atoms. The Bertz CT molecular complexity index is 1190. The van der Waals surface area contributed by atoms with E-state index in [4.69, 9.17) is 5.73 Å². The molecule has 186 valence electrons. The molecule has 6 nitrogen and oxygen atoms in total. The third-order valence-corrected chi connectivity index (χ3v) is 7.96. The van der Waals surface area contributed by atoms with E-state index in [0.717, 1.165) is 47.3 Å². The number of hydrogen-bond donors (Lipinski definition) is 1. The molecule has 2 fully saturated rings. The van der Waals surface area contributed by atoms with Crippen LogP contribution in [0, 0.1) is 0 Å². The summed E-state index contributed by atoms with van der Waals surface area (Å²) < 4.78 is 0.965. The molecule has 1 spiro atoms. The van der Waals surface area contributed by atoms with Crippen LogP contribution in [0.4, 0.5) is 10.5 Å². The Kier molecular flexibility index (Phi) is 7.23. The van der Waals surface area contributed by atoms with E-state index >= 15 is 0 Å². The third-order valence-electron chi connectivity index (χ3n) is 7.43. The lowest BCUT2D eigenvalue weighted by Crippen LogP contribution is -2.57. The highest BCUT2D eigenvalue weighted by Crippen LogP contribution is 2.41. The van der Waals surface area contributed by atoms with Gasteiger partial charge in [0.25, 0.3) is 5.91 Å². The number of nitrogens with two attached hydrogens (primary N) is 1. The van der Waals surface area contributed by atoms with E-state index in [9.17, 15) is 9.59 Å². The van der Waals surface area contributed by atoms with Gasteiger partial charge in [-0.2, -0.15) is 0 Å². The molecule has 1 atom stereocenters. The molecule has 0 aliphatic carbocycles. The molecule has 0 unspecified atom stereocenters. The highest BCUT2D eigenvalue weighted by molar-refractivity contribution is 9.10. The van der Waals surface area contributed by atoms with Crippen LogP contribution >= 0.6 is 15.9 Å². The van der Waals surface area contributed by atoms with Crippen LogP contribution in [-0.2, 0) is 11.3 Å². The molecule has 0 radical (unpaired) electrons. The number of carbonyl (C=O) groups is 2. The minimum atomic E-state index is -0.855. The number of amides is 3. The molecule has 2 aliphatic heterocycles. The van der Waals surface area contributed by atoms with Crippen molar-refractivity contribution in [2.75, 3.05) is 24.5 Å². The summed E-state index contributed by atoms with van der Waals surface area (Å²) in [6, 6.07) is 27.3. The lowest BCUT2D eigenvalue weighted by atomic mass is 9.85. The van der Waals surface area contributed by atoms with Gasteiger partial charge in [-0.05, 0) is 61.2 Å². The Morgan fingerprint density at radius 2 is 1.47 bits per heavy atom. The van der Waals surface area contributed by atoms with Gasteiger partial charge in [0.2, 0.25) is 0 Å². The zero-order valence-corrected chi connectivity index (χ0v) is 21.8. The van der Waals surface area contributed by atoms with Crippen molar-refractivity contribution in [3.8, 4) is 0 Å². The Labute approximate surface area is 220 Å². The van der Waals surface area contributed by atoms with E-state index in [1.807, 2.05) is 72.8 Å². The molecule has 2 aliphatic rings. The largest absolute Gasteiger partial charge is 0.332 e. The van der Waals surface area contributed by atoms with E-state index < -0.39 is 5.54 Å². The minimum Gasteiger partial charge on any atom is -0.324 e. The molecular formula is C29H31BrN4O2. The molecule has 2 N–H and O–H groups in total. The van der Waals surface area contributed by atoms with Gasteiger partial charge in [-0.3, -0.25) is 14.6 Å². The summed E-state index contributed by atoms with van der Waals surface area (Å²) in [7, 11) is 0. The maximum absolute atomic E-state index is 13.9. The number of rotatable bonds is 7. The molecular weight excluding hydrogens is 516 g/mol. The van der Waals surface area contributed by atoms with Gasteiger partial charge in [0, 0.05) is 29.3 Å². The molecule has 2 heterocycles. The first-order chi connectivity index (χ1) is 17.5. The van der Waals surface area contributed by atoms with E-state index in [0.29, 0.717) is 12.8 Å². The van der Waals surface area contributed by atoms with Crippen LogP contribution < -0.4 is 10.6 Å².